The molecule has 0 aromatic carbocycles. The summed E-state index contributed by atoms with van der Waals surface area (Å²) in [5, 5.41) is 2.97. The molecule has 2 fully saturated rings. The molecular weight excluding hydrogens is 268 g/mol. The molecule has 21 heavy (non-hydrogen) atoms. The molecule has 1 unspecified atom stereocenters. The van der Waals surface area contributed by atoms with Crippen LogP contribution < -0.4 is 5.32 Å². The lowest BCUT2D eigenvalue weighted by atomic mass is 9.91. The van der Waals surface area contributed by atoms with Gasteiger partial charge in [-0.05, 0) is 19.8 Å². The van der Waals surface area contributed by atoms with Crippen molar-refractivity contribution in [2.75, 3.05) is 6.54 Å². The highest BCUT2D eigenvalue weighted by Crippen LogP contribution is 2.34. The van der Waals surface area contributed by atoms with Crippen LogP contribution in [0.25, 0.3) is 0 Å². The Hall–Kier alpha value is -1.85. The Bertz CT molecular complexity index is 560. The first-order valence-corrected chi connectivity index (χ1v) is 7.63. The number of hydrogen-bond acceptors (Lipinski definition) is 3. The van der Waals surface area contributed by atoms with Crippen molar-refractivity contribution in [1.29, 1.82) is 0 Å². The van der Waals surface area contributed by atoms with Gasteiger partial charge < -0.3 is 14.8 Å². The first-order valence-electron chi connectivity index (χ1n) is 7.63. The smallest absolute Gasteiger partial charge is 0.249 e. The molecule has 1 saturated heterocycles. The third-order valence-electron chi connectivity index (χ3n) is 4.83. The number of carbonyl (C=O) groups is 2. The average molecular weight is 290 g/mol. The first kappa shape index (κ1) is 14.1. The summed E-state index contributed by atoms with van der Waals surface area (Å²) in [7, 11) is 1.94. The molecule has 0 radical (unpaired) electrons. The number of hydrogen-bond donors (Lipinski definition) is 1. The van der Waals surface area contributed by atoms with Crippen LogP contribution in [0.4, 0.5) is 0 Å². The van der Waals surface area contributed by atoms with E-state index in [1.807, 2.05) is 17.8 Å². The Morgan fingerprint density at radius 3 is 2.71 bits per heavy atom. The van der Waals surface area contributed by atoms with E-state index in [-0.39, 0.29) is 11.8 Å². The highest BCUT2D eigenvalue weighted by atomic mass is 16.2. The zero-order valence-corrected chi connectivity index (χ0v) is 12.6. The minimum Gasteiger partial charge on any atom is -0.340 e. The highest BCUT2D eigenvalue weighted by molar-refractivity contribution is 5.99. The third-order valence-corrected chi connectivity index (χ3v) is 4.83. The average Bonchev–Trinajstić information content (AvgIpc) is 3.07. The standard InChI is InChI=1S/C15H22N4O2/c1-11-13(20)17-15(6-3-4-7-15)14(21)19(11)9-5-12-16-8-10-18(12)2/h8,10-11H,3-7,9H2,1-2H3,(H,17,20). The van der Waals surface area contributed by atoms with Crippen molar-refractivity contribution in [3.05, 3.63) is 18.2 Å². The largest absolute Gasteiger partial charge is 0.340 e. The molecule has 1 aromatic heterocycles. The van der Waals surface area contributed by atoms with E-state index in [0.717, 1.165) is 31.5 Å². The van der Waals surface area contributed by atoms with Crippen LogP contribution in [-0.4, -0.2) is 44.4 Å². The second kappa shape index (κ2) is 5.16. The fourth-order valence-electron chi connectivity index (χ4n) is 3.46. The Balaban J connectivity index is 1.77. The lowest BCUT2D eigenvalue weighted by Gasteiger charge is -2.43. The predicted molar refractivity (Wildman–Crippen MR) is 77.4 cm³/mol. The molecular formula is C15H22N4O2. The summed E-state index contributed by atoms with van der Waals surface area (Å²) in [5.41, 5.74) is -0.634. The molecule has 2 aliphatic rings. The van der Waals surface area contributed by atoms with E-state index in [4.69, 9.17) is 0 Å². The molecule has 1 atom stereocenters. The van der Waals surface area contributed by atoms with Crippen LogP contribution >= 0.6 is 0 Å². The molecule has 1 N–H and O–H groups in total. The van der Waals surface area contributed by atoms with Crippen molar-refractivity contribution >= 4 is 11.8 Å². The molecule has 1 aromatic rings. The lowest BCUT2D eigenvalue weighted by molar-refractivity contribution is -0.154. The van der Waals surface area contributed by atoms with Crippen molar-refractivity contribution in [3.8, 4) is 0 Å². The van der Waals surface area contributed by atoms with Gasteiger partial charge in [0.25, 0.3) is 0 Å². The third kappa shape index (κ3) is 2.32. The Kier molecular flexibility index (Phi) is 3.47. The number of amides is 2. The molecule has 1 aliphatic heterocycles. The summed E-state index contributed by atoms with van der Waals surface area (Å²) in [5.74, 6) is 0.985. The molecule has 2 heterocycles. The molecule has 1 spiro atoms. The van der Waals surface area contributed by atoms with Crippen LogP contribution in [-0.2, 0) is 23.1 Å². The van der Waals surface area contributed by atoms with Crippen LogP contribution in [0.2, 0.25) is 0 Å². The molecule has 1 aliphatic carbocycles. The summed E-state index contributed by atoms with van der Waals surface area (Å²) < 4.78 is 1.95. The number of aromatic nitrogens is 2. The Morgan fingerprint density at radius 2 is 2.10 bits per heavy atom. The van der Waals surface area contributed by atoms with E-state index >= 15 is 0 Å². The van der Waals surface area contributed by atoms with Crippen LogP contribution in [0, 0.1) is 0 Å². The van der Waals surface area contributed by atoms with Gasteiger partial charge >= 0.3 is 0 Å². The number of aryl methyl sites for hydroxylation is 1. The SMILES string of the molecule is CC1C(=O)NC2(CCCC2)C(=O)N1CCc1nccn1C. The number of piperazine rings is 1. The van der Waals surface area contributed by atoms with E-state index in [9.17, 15) is 9.59 Å². The summed E-state index contributed by atoms with van der Waals surface area (Å²) in [6.45, 7) is 2.34. The van der Waals surface area contributed by atoms with Gasteiger partial charge in [0.05, 0.1) is 0 Å². The van der Waals surface area contributed by atoms with Gasteiger partial charge in [-0.15, -0.1) is 0 Å². The summed E-state index contributed by atoms with van der Waals surface area (Å²) in [6, 6.07) is -0.399. The van der Waals surface area contributed by atoms with E-state index in [1.54, 1.807) is 18.0 Å². The molecule has 0 bridgehead atoms. The lowest BCUT2D eigenvalue weighted by Crippen LogP contribution is -2.69. The van der Waals surface area contributed by atoms with Gasteiger partial charge in [0.1, 0.15) is 17.4 Å². The van der Waals surface area contributed by atoms with Gasteiger partial charge in [-0.25, -0.2) is 4.98 Å². The number of nitrogens with zero attached hydrogens (tertiary/aromatic N) is 3. The zero-order chi connectivity index (χ0) is 15.0. The van der Waals surface area contributed by atoms with Crippen molar-refractivity contribution in [2.24, 2.45) is 7.05 Å². The second-order valence-electron chi connectivity index (χ2n) is 6.16. The van der Waals surface area contributed by atoms with Crippen LogP contribution in [0.3, 0.4) is 0 Å². The quantitative estimate of drug-likeness (QED) is 0.887. The molecule has 2 amide bonds. The van der Waals surface area contributed by atoms with Gasteiger partial charge in [0.2, 0.25) is 11.8 Å². The molecule has 1 saturated carbocycles. The van der Waals surface area contributed by atoms with Crippen molar-refractivity contribution in [1.82, 2.24) is 19.8 Å². The van der Waals surface area contributed by atoms with Gasteiger partial charge in [-0.1, -0.05) is 12.8 Å². The topological polar surface area (TPSA) is 67.2 Å². The fraction of sp³-hybridized carbons (Fsp3) is 0.667. The van der Waals surface area contributed by atoms with Crippen LogP contribution in [0.5, 0.6) is 0 Å². The predicted octanol–water partition coefficient (Wildman–Crippen LogP) is 0.622. The number of imidazole rings is 1. The normalized spacial score (nSPS) is 24.7. The number of nitrogens with one attached hydrogen (secondary N) is 1. The minimum absolute atomic E-state index is 0.0312. The zero-order valence-electron chi connectivity index (χ0n) is 12.6. The van der Waals surface area contributed by atoms with E-state index in [1.165, 1.54) is 0 Å². The van der Waals surface area contributed by atoms with Gasteiger partial charge in [-0.2, -0.15) is 0 Å². The molecule has 6 nitrogen and oxygen atoms in total. The van der Waals surface area contributed by atoms with Gasteiger partial charge in [-0.3, -0.25) is 9.59 Å². The summed E-state index contributed by atoms with van der Waals surface area (Å²) in [4.78, 5) is 31.1. The maximum absolute atomic E-state index is 12.8. The van der Waals surface area contributed by atoms with Crippen LogP contribution in [0.1, 0.15) is 38.4 Å². The van der Waals surface area contributed by atoms with Crippen molar-refractivity contribution in [3.63, 3.8) is 0 Å². The minimum atomic E-state index is -0.634. The van der Waals surface area contributed by atoms with E-state index in [0.29, 0.717) is 13.0 Å². The molecule has 6 heteroatoms. The molecule has 114 valence electrons. The summed E-state index contributed by atoms with van der Waals surface area (Å²) >= 11 is 0. The number of carbonyl (C=O) groups excluding carboxylic acids is 2. The highest BCUT2D eigenvalue weighted by Gasteiger charge is 2.50. The maximum Gasteiger partial charge on any atom is 0.249 e. The first-order chi connectivity index (χ1) is 10.0. The van der Waals surface area contributed by atoms with Crippen molar-refractivity contribution < 1.29 is 9.59 Å². The second-order valence-corrected chi connectivity index (χ2v) is 6.16. The van der Waals surface area contributed by atoms with Gasteiger partial charge in [0.15, 0.2) is 0 Å². The van der Waals surface area contributed by atoms with Crippen molar-refractivity contribution in [2.45, 2.75) is 50.6 Å². The number of rotatable bonds is 3. The van der Waals surface area contributed by atoms with E-state index in [2.05, 4.69) is 10.3 Å². The Labute approximate surface area is 124 Å². The van der Waals surface area contributed by atoms with E-state index < -0.39 is 11.6 Å². The van der Waals surface area contributed by atoms with Crippen LogP contribution in [0.15, 0.2) is 12.4 Å². The Morgan fingerprint density at radius 1 is 1.38 bits per heavy atom. The van der Waals surface area contributed by atoms with Gasteiger partial charge in [0, 0.05) is 32.4 Å². The summed E-state index contributed by atoms with van der Waals surface area (Å²) in [6.07, 6.45) is 7.86. The monoisotopic (exact) mass is 290 g/mol. The maximum atomic E-state index is 12.8. The molecule has 3 rings (SSSR count). The fourth-order valence-corrected chi connectivity index (χ4v) is 3.46.